The third-order valence-corrected chi connectivity index (χ3v) is 2.30. The van der Waals surface area contributed by atoms with Gasteiger partial charge in [0, 0.05) is 17.3 Å². The van der Waals surface area contributed by atoms with Gasteiger partial charge in [-0.05, 0) is 36.1 Å². The molecule has 0 amide bonds. The number of carboxylic acid groups (broad SMARTS) is 1. The number of hydrogen-bond acceptors (Lipinski definition) is 1. The van der Waals surface area contributed by atoms with Crippen molar-refractivity contribution in [3.05, 3.63) is 41.6 Å². The molecule has 0 spiro atoms. The van der Waals surface area contributed by atoms with Crippen molar-refractivity contribution in [2.45, 2.75) is 6.92 Å². The Morgan fingerprint density at radius 1 is 1.40 bits per heavy atom. The molecule has 1 aromatic heterocycles. The zero-order valence-corrected chi connectivity index (χ0v) is 8.32. The number of carboxylic acids is 1. The number of aromatic amines is 1. The monoisotopic (exact) mass is 201 g/mol. The van der Waals surface area contributed by atoms with Gasteiger partial charge in [0.2, 0.25) is 0 Å². The van der Waals surface area contributed by atoms with Crippen LogP contribution >= 0.6 is 0 Å². The van der Waals surface area contributed by atoms with E-state index >= 15 is 0 Å². The maximum atomic E-state index is 10.6. The number of hydrogen-bond donors (Lipinski definition) is 2. The molecular formula is C12H11NO2. The number of carbonyl (C=O) groups is 1. The van der Waals surface area contributed by atoms with Crippen LogP contribution in [0.5, 0.6) is 0 Å². The van der Waals surface area contributed by atoms with Crippen LogP contribution in [0.15, 0.2) is 36.0 Å². The number of aromatic nitrogens is 1. The quantitative estimate of drug-likeness (QED) is 0.734. The van der Waals surface area contributed by atoms with Gasteiger partial charge < -0.3 is 10.1 Å². The minimum Gasteiger partial charge on any atom is -0.478 e. The number of H-pyrrole nitrogens is 1. The second-order valence-corrected chi connectivity index (χ2v) is 3.46. The molecule has 0 radical (unpaired) electrons. The topological polar surface area (TPSA) is 53.1 Å². The highest BCUT2D eigenvalue weighted by Gasteiger charge is 2.00. The lowest BCUT2D eigenvalue weighted by Crippen LogP contribution is -1.95. The van der Waals surface area contributed by atoms with E-state index in [1.165, 1.54) is 0 Å². The van der Waals surface area contributed by atoms with Gasteiger partial charge in [0.05, 0.1) is 0 Å². The fraction of sp³-hybridized carbons (Fsp3) is 0.0833. The van der Waals surface area contributed by atoms with Gasteiger partial charge in [-0.15, -0.1) is 0 Å². The van der Waals surface area contributed by atoms with Crippen LogP contribution in [0, 0.1) is 0 Å². The largest absolute Gasteiger partial charge is 0.478 e. The number of rotatable bonds is 2. The zero-order chi connectivity index (χ0) is 10.8. The van der Waals surface area contributed by atoms with Crippen molar-refractivity contribution < 1.29 is 9.90 Å². The van der Waals surface area contributed by atoms with Crippen molar-refractivity contribution in [3.63, 3.8) is 0 Å². The summed E-state index contributed by atoms with van der Waals surface area (Å²) < 4.78 is 0. The van der Waals surface area contributed by atoms with Crippen molar-refractivity contribution in [3.8, 4) is 0 Å². The van der Waals surface area contributed by atoms with Crippen LogP contribution in [0.3, 0.4) is 0 Å². The molecule has 15 heavy (non-hydrogen) atoms. The van der Waals surface area contributed by atoms with Crippen LogP contribution in [0.25, 0.3) is 17.0 Å². The minimum absolute atomic E-state index is 0.334. The first-order chi connectivity index (χ1) is 7.16. The van der Waals surface area contributed by atoms with Crippen LogP contribution < -0.4 is 0 Å². The smallest absolute Gasteiger partial charge is 0.331 e. The van der Waals surface area contributed by atoms with Gasteiger partial charge in [-0.2, -0.15) is 0 Å². The molecule has 2 rings (SSSR count). The molecule has 0 fully saturated rings. The molecule has 0 saturated carbocycles. The lowest BCUT2D eigenvalue weighted by Gasteiger charge is -1.96. The molecule has 1 heterocycles. The van der Waals surface area contributed by atoms with E-state index in [9.17, 15) is 4.79 Å². The van der Waals surface area contributed by atoms with Crippen LogP contribution in [0.4, 0.5) is 0 Å². The Hall–Kier alpha value is -2.03. The molecule has 3 nitrogen and oxygen atoms in total. The Morgan fingerprint density at radius 2 is 2.20 bits per heavy atom. The van der Waals surface area contributed by atoms with E-state index in [-0.39, 0.29) is 0 Å². The molecule has 0 aliphatic heterocycles. The summed E-state index contributed by atoms with van der Waals surface area (Å²) in [5, 5.41) is 9.87. The van der Waals surface area contributed by atoms with Gasteiger partial charge in [-0.1, -0.05) is 12.1 Å². The summed E-state index contributed by atoms with van der Waals surface area (Å²) in [4.78, 5) is 13.7. The highest BCUT2D eigenvalue weighted by molar-refractivity contribution is 5.92. The molecule has 1 aromatic carbocycles. The van der Waals surface area contributed by atoms with E-state index in [4.69, 9.17) is 5.11 Å². The average Bonchev–Trinajstić information content (AvgIpc) is 2.64. The minimum atomic E-state index is -0.887. The molecule has 0 aliphatic rings. The Labute approximate surface area is 87.0 Å². The lowest BCUT2D eigenvalue weighted by atomic mass is 10.1. The molecule has 76 valence electrons. The maximum Gasteiger partial charge on any atom is 0.331 e. The molecule has 0 bridgehead atoms. The summed E-state index contributed by atoms with van der Waals surface area (Å²) in [5.74, 6) is -0.887. The summed E-state index contributed by atoms with van der Waals surface area (Å²) in [6.07, 6.45) is 3.52. The standard InChI is InChI=1S/C12H11NO2/c1-8(12(14)15)6-9-2-3-10-4-5-13-11(10)7-9/h2-7,13H,1H3,(H,14,15). The van der Waals surface area contributed by atoms with Crippen molar-refractivity contribution in [1.29, 1.82) is 0 Å². The first kappa shape index (κ1) is 9.52. The summed E-state index contributed by atoms with van der Waals surface area (Å²) in [6.45, 7) is 1.58. The molecular weight excluding hydrogens is 190 g/mol. The third-order valence-electron chi connectivity index (χ3n) is 2.30. The number of fused-ring (bicyclic) bond motifs is 1. The number of aliphatic carboxylic acids is 1. The predicted molar refractivity (Wildman–Crippen MR) is 59.6 cm³/mol. The highest BCUT2D eigenvalue weighted by Crippen LogP contribution is 2.16. The summed E-state index contributed by atoms with van der Waals surface area (Å²) in [6, 6.07) is 7.78. The van der Waals surface area contributed by atoms with E-state index < -0.39 is 5.97 Å². The van der Waals surface area contributed by atoms with Crippen molar-refractivity contribution >= 4 is 22.9 Å². The van der Waals surface area contributed by atoms with E-state index in [1.807, 2.05) is 30.5 Å². The molecule has 2 aromatic rings. The Kier molecular flexibility index (Phi) is 2.29. The second kappa shape index (κ2) is 3.61. The number of benzene rings is 1. The van der Waals surface area contributed by atoms with Crippen LogP contribution in [0.1, 0.15) is 12.5 Å². The first-order valence-corrected chi connectivity index (χ1v) is 4.65. The van der Waals surface area contributed by atoms with Gasteiger partial charge in [-0.25, -0.2) is 4.79 Å². The maximum absolute atomic E-state index is 10.6. The van der Waals surface area contributed by atoms with Crippen LogP contribution in [-0.2, 0) is 4.79 Å². The van der Waals surface area contributed by atoms with Crippen molar-refractivity contribution in [1.82, 2.24) is 4.98 Å². The summed E-state index contributed by atoms with van der Waals surface area (Å²) in [5.41, 5.74) is 2.24. The van der Waals surface area contributed by atoms with Crippen LogP contribution in [-0.4, -0.2) is 16.1 Å². The van der Waals surface area contributed by atoms with Gasteiger partial charge >= 0.3 is 5.97 Å². The normalized spacial score (nSPS) is 11.9. The second-order valence-electron chi connectivity index (χ2n) is 3.46. The Balaban J connectivity index is 2.44. The fourth-order valence-electron chi connectivity index (χ4n) is 1.47. The average molecular weight is 201 g/mol. The Bertz CT molecular complexity index is 537. The summed E-state index contributed by atoms with van der Waals surface area (Å²) >= 11 is 0. The van der Waals surface area contributed by atoms with E-state index in [0.717, 1.165) is 16.5 Å². The Morgan fingerprint density at radius 3 is 2.93 bits per heavy atom. The highest BCUT2D eigenvalue weighted by atomic mass is 16.4. The van der Waals surface area contributed by atoms with Crippen molar-refractivity contribution in [2.75, 3.05) is 0 Å². The zero-order valence-electron chi connectivity index (χ0n) is 8.32. The SMILES string of the molecule is CC(=Cc1ccc2cc[nH]c2c1)C(=O)O. The van der Waals surface area contributed by atoms with Gasteiger partial charge in [0.1, 0.15) is 0 Å². The first-order valence-electron chi connectivity index (χ1n) is 4.65. The molecule has 0 unspecified atom stereocenters. The van der Waals surface area contributed by atoms with Gasteiger partial charge in [0.25, 0.3) is 0 Å². The van der Waals surface area contributed by atoms with E-state index in [1.54, 1.807) is 13.0 Å². The third kappa shape index (κ3) is 1.91. The summed E-state index contributed by atoms with van der Waals surface area (Å²) in [7, 11) is 0. The van der Waals surface area contributed by atoms with Crippen molar-refractivity contribution in [2.24, 2.45) is 0 Å². The van der Waals surface area contributed by atoms with E-state index in [0.29, 0.717) is 5.57 Å². The molecule has 2 N–H and O–H groups in total. The molecule has 3 heteroatoms. The fourth-order valence-corrected chi connectivity index (χ4v) is 1.47. The molecule has 0 atom stereocenters. The predicted octanol–water partition coefficient (Wildman–Crippen LogP) is 2.66. The number of nitrogens with one attached hydrogen (secondary N) is 1. The van der Waals surface area contributed by atoms with Gasteiger partial charge in [-0.3, -0.25) is 0 Å². The molecule has 0 aliphatic carbocycles. The molecule has 0 saturated heterocycles. The van der Waals surface area contributed by atoms with Gasteiger partial charge in [0.15, 0.2) is 0 Å². The van der Waals surface area contributed by atoms with E-state index in [2.05, 4.69) is 4.98 Å². The lowest BCUT2D eigenvalue weighted by molar-refractivity contribution is -0.132. The van der Waals surface area contributed by atoms with Crippen LogP contribution in [0.2, 0.25) is 0 Å².